The topological polar surface area (TPSA) is 17.1 Å². The number of benzene rings is 2. The van der Waals surface area contributed by atoms with Crippen molar-refractivity contribution in [2.75, 3.05) is 0 Å². The molecule has 0 fully saturated rings. The summed E-state index contributed by atoms with van der Waals surface area (Å²) in [4.78, 5) is 0. The van der Waals surface area contributed by atoms with E-state index in [4.69, 9.17) is 0 Å². The van der Waals surface area contributed by atoms with Crippen LogP contribution < -0.4 is 10.6 Å². The van der Waals surface area contributed by atoms with E-state index in [1.807, 2.05) is 60.7 Å². The van der Waals surface area contributed by atoms with Crippen molar-refractivity contribution in [2.24, 2.45) is 5.41 Å². The minimum absolute atomic E-state index is 0.0638. The van der Waals surface area contributed by atoms with E-state index in [0.717, 1.165) is 21.5 Å². The molecule has 1 atom stereocenters. The Morgan fingerprint density at radius 2 is 1.33 bits per heavy atom. The molecule has 3 rings (SSSR count). The normalized spacial score (nSPS) is 21.5. The summed E-state index contributed by atoms with van der Waals surface area (Å²) in [5.74, 6) is 0. The summed E-state index contributed by atoms with van der Waals surface area (Å²) < 4.78 is 15.0. The van der Waals surface area contributed by atoms with Gasteiger partial charge >= 0.3 is 0 Å². The zero-order valence-electron chi connectivity index (χ0n) is 14.1. The molecule has 1 nitrogen and oxygen atoms in total. The molecule has 1 aliphatic carbocycles. The van der Waals surface area contributed by atoms with Gasteiger partial charge in [-0.3, -0.25) is 0 Å². The van der Waals surface area contributed by atoms with Gasteiger partial charge in [0.2, 0.25) is 0 Å². The average molecular weight is 468 g/mol. The summed E-state index contributed by atoms with van der Waals surface area (Å²) in [6.45, 7) is 6.60. The first-order chi connectivity index (χ1) is 11.2. The van der Waals surface area contributed by atoms with Gasteiger partial charge in [0.25, 0.3) is 0 Å². The summed E-state index contributed by atoms with van der Waals surface area (Å²) in [6, 6.07) is 19.7. The third kappa shape index (κ3) is 2.69. The molecule has 0 aliphatic heterocycles. The molecule has 0 N–H and O–H groups in total. The van der Waals surface area contributed by atoms with Crippen molar-refractivity contribution >= 4 is 49.6 Å². The predicted octanol–water partition coefficient (Wildman–Crippen LogP) is 6.19. The molecule has 1 unspecified atom stereocenters. The molecular weight excluding hydrogens is 447 g/mol. The molecule has 0 amide bonds. The highest BCUT2D eigenvalue weighted by Gasteiger charge is 2.58. The van der Waals surface area contributed by atoms with E-state index in [-0.39, 0.29) is 5.41 Å². The largest absolute Gasteiger partial charge is 0.312 e. The number of hydrogen-bond donors (Lipinski definition) is 0. The first-order valence-electron chi connectivity index (χ1n) is 8.01. The molecule has 1 aliphatic rings. The van der Waals surface area contributed by atoms with Crippen molar-refractivity contribution in [3.8, 4) is 0 Å². The molecule has 0 radical (unpaired) electrons. The van der Waals surface area contributed by atoms with Gasteiger partial charge in [-0.2, -0.15) is 0 Å². The Hall–Kier alpha value is -0.630. The predicted molar refractivity (Wildman–Crippen MR) is 111 cm³/mol. The summed E-state index contributed by atoms with van der Waals surface area (Å²) in [5.41, 5.74) is 1.39. The van der Waals surface area contributed by atoms with Gasteiger partial charge in [0.05, 0.1) is 0 Å². The Morgan fingerprint density at radius 1 is 0.917 bits per heavy atom. The van der Waals surface area contributed by atoms with E-state index in [1.54, 1.807) is 0 Å². The van der Waals surface area contributed by atoms with Crippen LogP contribution in [-0.2, 0) is 4.57 Å². The van der Waals surface area contributed by atoms with Crippen LogP contribution >= 0.6 is 39.0 Å². The molecule has 2 aromatic rings. The summed E-state index contributed by atoms with van der Waals surface area (Å²) >= 11 is 7.67. The molecule has 0 spiro atoms. The Bertz CT molecular complexity index is 778. The van der Waals surface area contributed by atoms with E-state index >= 15 is 0 Å². The lowest BCUT2D eigenvalue weighted by molar-refractivity contribution is 0.451. The van der Waals surface area contributed by atoms with Crippen molar-refractivity contribution in [1.82, 2.24) is 0 Å². The van der Waals surface area contributed by atoms with Crippen LogP contribution in [0.3, 0.4) is 0 Å². The third-order valence-electron chi connectivity index (χ3n) is 4.66. The van der Waals surface area contributed by atoms with Crippen LogP contribution in [0.1, 0.15) is 27.2 Å². The molecule has 0 heterocycles. The van der Waals surface area contributed by atoms with Gasteiger partial charge in [-0.1, -0.05) is 119 Å². The highest BCUT2D eigenvalue weighted by molar-refractivity contribution is 9.15. The molecule has 24 heavy (non-hydrogen) atoms. The van der Waals surface area contributed by atoms with Gasteiger partial charge in [0.15, 0.2) is 7.14 Å². The minimum Gasteiger partial charge on any atom is -0.312 e. The van der Waals surface area contributed by atoms with Crippen LogP contribution in [0.4, 0.5) is 0 Å². The zero-order valence-corrected chi connectivity index (χ0v) is 18.2. The van der Waals surface area contributed by atoms with Crippen LogP contribution in [0.2, 0.25) is 0 Å². The zero-order chi connectivity index (χ0) is 17.6. The highest BCUT2D eigenvalue weighted by Crippen LogP contribution is 2.73. The molecule has 2 aromatic carbocycles. The minimum atomic E-state index is -2.89. The second-order valence-electron chi connectivity index (χ2n) is 7.26. The fourth-order valence-electron chi connectivity index (χ4n) is 3.19. The van der Waals surface area contributed by atoms with Gasteiger partial charge in [-0.05, 0) is 11.8 Å². The molecule has 4 heteroatoms. The van der Waals surface area contributed by atoms with Gasteiger partial charge in [-0.15, -0.1) is 0 Å². The van der Waals surface area contributed by atoms with E-state index in [1.165, 1.54) is 5.57 Å². The van der Waals surface area contributed by atoms with Crippen molar-refractivity contribution in [1.29, 1.82) is 0 Å². The number of rotatable bonds is 3. The Labute approximate surface area is 161 Å². The van der Waals surface area contributed by atoms with E-state index in [0.29, 0.717) is 0 Å². The Morgan fingerprint density at radius 3 is 1.67 bits per heavy atom. The fraction of sp³-hybridized carbons (Fsp3) is 0.300. The lowest BCUT2D eigenvalue weighted by Gasteiger charge is -2.48. The Kier molecular flexibility index (Phi) is 4.75. The Balaban J connectivity index is 2.23. The number of halogens is 2. The van der Waals surface area contributed by atoms with Gasteiger partial charge in [0.1, 0.15) is 4.07 Å². The van der Waals surface area contributed by atoms with Gasteiger partial charge in [0, 0.05) is 15.1 Å². The van der Waals surface area contributed by atoms with Crippen molar-refractivity contribution < 1.29 is 4.57 Å². The molecule has 126 valence electrons. The summed E-state index contributed by atoms with van der Waals surface area (Å²) in [5, 5.41) is 1.77. The summed E-state index contributed by atoms with van der Waals surface area (Å²) in [7, 11) is -2.89. The lowest BCUT2D eigenvalue weighted by Crippen LogP contribution is -2.42. The van der Waals surface area contributed by atoms with E-state index in [2.05, 4.69) is 52.6 Å². The first kappa shape index (κ1) is 18.2. The van der Waals surface area contributed by atoms with Crippen molar-refractivity contribution in [3.05, 3.63) is 70.7 Å². The lowest BCUT2D eigenvalue weighted by atomic mass is 9.77. The maximum absolute atomic E-state index is 14.5. The van der Waals surface area contributed by atoms with Crippen molar-refractivity contribution in [3.63, 3.8) is 0 Å². The first-order valence-corrected chi connectivity index (χ1v) is 11.3. The number of allylic oxidation sites excluding steroid dienone is 2. The quantitative estimate of drug-likeness (QED) is 0.388. The molecule has 0 saturated carbocycles. The maximum Gasteiger partial charge on any atom is 0.164 e. The number of hydrogen-bond acceptors (Lipinski definition) is 1. The molecule has 0 bridgehead atoms. The molecular formula is C20H21Br2OP. The van der Waals surface area contributed by atoms with E-state index in [9.17, 15) is 4.57 Å². The molecule has 0 saturated heterocycles. The van der Waals surface area contributed by atoms with Crippen LogP contribution in [0.15, 0.2) is 70.7 Å². The standard InChI is InChI=1S/C20H21Br2OP/c1-19(2,3)17-14-20(22,18(17)21)24(23,15-10-6-4-7-11-15)16-12-8-5-9-13-16/h4-13H,14H2,1-3H3. The third-order valence-corrected chi connectivity index (χ3v) is 12.3. The monoisotopic (exact) mass is 466 g/mol. The smallest absolute Gasteiger partial charge is 0.164 e. The van der Waals surface area contributed by atoms with Gasteiger partial charge < -0.3 is 4.57 Å². The van der Waals surface area contributed by atoms with E-state index < -0.39 is 11.2 Å². The van der Waals surface area contributed by atoms with Crippen LogP contribution in [0, 0.1) is 5.41 Å². The second kappa shape index (κ2) is 6.27. The van der Waals surface area contributed by atoms with Crippen LogP contribution in [-0.4, -0.2) is 4.07 Å². The maximum atomic E-state index is 14.5. The average Bonchev–Trinajstić information content (AvgIpc) is 2.58. The van der Waals surface area contributed by atoms with Crippen molar-refractivity contribution in [2.45, 2.75) is 31.3 Å². The number of alkyl halides is 1. The second-order valence-corrected chi connectivity index (χ2v) is 13.0. The fourth-order valence-corrected chi connectivity index (χ4v) is 9.66. The highest BCUT2D eigenvalue weighted by atomic mass is 79.9. The SMILES string of the molecule is CC(C)(C)C1=C(Br)C(Br)(P(=O)(c2ccccc2)c2ccccc2)C1. The van der Waals surface area contributed by atoms with Crippen LogP contribution in [0.25, 0.3) is 0 Å². The molecule has 0 aromatic heterocycles. The summed E-state index contributed by atoms with van der Waals surface area (Å²) in [6.07, 6.45) is 0.776. The van der Waals surface area contributed by atoms with Gasteiger partial charge in [-0.25, -0.2) is 0 Å². The van der Waals surface area contributed by atoms with Crippen LogP contribution in [0.5, 0.6) is 0 Å².